The average Bonchev–Trinajstić information content (AvgIpc) is 3.38. The third kappa shape index (κ3) is 3.18. The molecule has 4 rings (SSSR count). The lowest BCUT2D eigenvalue weighted by molar-refractivity contribution is 0.354. The van der Waals surface area contributed by atoms with Crippen LogP contribution in [0.15, 0.2) is 41.0 Å². The molecule has 26 heavy (non-hydrogen) atoms. The first-order valence-corrected chi connectivity index (χ1v) is 8.72. The quantitative estimate of drug-likeness (QED) is 0.518. The van der Waals surface area contributed by atoms with E-state index in [0.29, 0.717) is 17.9 Å². The van der Waals surface area contributed by atoms with Gasteiger partial charge in [0.05, 0.1) is 20.5 Å². The number of furan rings is 1. The molecule has 132 valence electrons. The summed E-state index contributed by atoms with van der Waals surface area (Å²) >= 11 is 1.47. The zero-order valence-electron chi connectivity index (χ0n) is 14.2. The zero-order chi connectivity index (χ0) is 17.9. The maximum absolute atomic E-state index is 5.36. The molecule has 0 aliphatic heterocycles. The Morgan fingerprint density at radius 3 is 2.77 bits per heavy atom. The van der Waals surface area contributed by atoms with E-state index in [4.69, 9.17) is 13.9 Å². The Morgan fingerprint density at radius 2 is 2.00 bits per heavy atom. The summed E-state index contributed by atoms with van der Waals surface area (Å²) in [5.41, 5.74) is 1.04. The van der Waals surface area contributed by atoms with Gasteiger partial charge in [-0.05, 0) is 42.0 Å². The van der Waals surface area contributed by atoms with Gasteiger partial charge in [-0.2, -0.15) is 9.61 Å². The number of ether oxygens (including phenoxy) is 2. The molecule has 3 heterocycles. The molecular formula is C18H16N4O3S. The van der Waals surface area contributed by atoms with E-state index in [2.05, 4.69) is 15.3 Å². The van der Waals surface area contributed by atoms with Crippen molar-refractivity contribution in [2.75, 3.05) is 14.2 Å². The molecule has 0 fully saturated rings. The third-order valence-electron chi connectivity index (χ3n) is 3.81. The van der Waals surface area contributed by atoms with E-state index in [9.17, 15) is 0 Å². The first-order chi connectivity index (χ1) is 12.8. The van der Waals surface area contributed by atoms with E-state index in [1.165, 1.54) is 11.3 Å². The van der Waals surface area contributed by atoms with Gasteiger partial charge in [0.25, 0.3) is 0 Å². The van der Waals surface area contributed by atoms with Gasteiger partial charge < -0.3 is 13.9 Å². The minimum atomic E-state index is 0.590. The average molecular weight is 368 g/mol. The van der Waals surface area contributed by atoms with Crippen LogP contribution in [0.2, 0.25) is 0 Å². The van der Waals surface area contributed by atoms with Crippen molar-refractivity contribution in [3.05, 3.63) is 58.8 Å². The molecule has 1 aromatic carbocycles. The molecule has 0 radical (unpaired) electrons. The monoisotopic (exact) mass is 368 g/mol. The highest BCUT2D eigenvalue weighted by Crippen LogP contribution is 2.28. The van der Waals surface area contributed by atoms with E-state index < -0.39 is 0 Å². The minimum absolute atomic E-state index is 0.590. The van der Waals surface area contributed by atoms with Crippen LogP contribution in [0.25, 0.3) is 17.1 Å². The molecule has 0 aliphatic rings. The number of methoxy groups -OCH3 is 2. The van der Waals surface area contributed by atoms with Gasteiger partial charge >= 0.3 is 0 Å². The highest BCUT2D eigenvalue weighted by Gasteiger charge is 2.13. The molecule has 0 spiro atoms. The number of hydrogen-bond acceptors (Lipinski definition) is 7. The van der Waals surface area contributed by atoms with Gasteiger partial charge in [-0.15, -0.1) is 10.2 Å². The molecule has 4 aromatic rings. The molecule has 0 amide bonds. The minimum Gasteiger partial charge on any atom is -0.493 e. The van der Waals surface area contributed by atoms with Gasteiger partial charge in [-0.1, -0.05) is 17.4 Å². The Balaban J connectivity index is 1.59. The van der Waals surface area contributed by atoms with Crippen molar-refractivity contribution in [1.29, 1.82) is 0 Å². The summed E-state index contributed by atoms with van der Waals surface area (Å²) in [7, 11) is 3.24. The Morgan fingerprint density at radius 1 is 1.12 bits per heavy atom. The second-order valence-corrected chi connectivity index (χ2v) is 6.45. The summed E-state index contributed by atoms with van der Waals surface area (Å²) in [5.74, 6) is 2.93. The lowest BCUT2D eigenvalue weighted by Gasteiger charge is -2.08. The topological polar surface area (TPSA) is 74.7 Å². The first kappa shape index (κ1) is 16.3. The van der Waals surface area contributed by atoms with Crippen molar-refractivity contribution in [3.8, 4) is 11.5 Å². The van der Waals surface area contributed by atoms with Crippen LogP contribution < -0.4 is 9.47 Å². The molecule has 8 heteroatoms. The fourth-order valence-electron chi connectivity index (χ4n) is 2.56. The van der Waals surface area contributed by atoms with Crippen LogP contribution in [-0.2, 0) is 6.42 Å². The standard InChI is InChI=1S/C18H16N4O3S/c1-23-14-7-5-12(10-15(14)24-2)11-16-19-20-18-22(16)21-17(26-18)8-6-13-4-3-9-25-13/h3-10H,11H2,1-2H3. The van der Waals surface area contributed by atoms with Crippen LogP contribution in [0, 0.1) is 0 Å². The second-order valence-electron chi connectivity index (χ2n) is 5.47. The summed E-state index contributed by atoms with van der Waals surface area (Å²) in [6, 6.07) is 9.53. The molecule has 0 atom stereocenters. The van der Waals surface area contributed by atoms with Gasteiger partial charge in [-0.25, -0.2) is 0 Å². The SMILES string of the molecule is COc1ccc(Cc2nnc3sc(C=Cc4ccco4)nn23)cc1OC. The number of nitrogens with zero attached hydrogens (tertiary/aromatic N) is 4. The van der Waals surface area contributed by atoms with Crippen LogP contribution in [0.1, 0.15) is 22.2 Å². The summed E-state index contributed by atoms with van der Waals surface area (Å²) in [6.45, 7) is 0. The lowest BCUT2D eigenvalue weighted by atomic mass is 10.1. The Labute approximate surface area is 153 Å². The van der Waals surface area contributed by atoms with Crippen LogP contribution in [0.5, 0.6) is 11.5 Å². The molecule has 7 nitrogen and oxygen atoms in total. The van der Waals surface area contributed by atoms with E-state index in [-0.39, 0.29) is 0 Å². The Hall–Kier alpha value is -3.13. The van der Waals surface area contributed by atoms with Gasteiger partial charge in [0.15, 0.2) is 17.3 Å². The molecule has 0 N–H and O–H groups in total. The number of rotatable bonds is 6. The Bertz CT molecular complexity index is 1050. The molecular weight excluding hydrogens is 352 g/mol. The van der Waals surface area contributed by atoms with Crippen LogP contribution in [-0.4, -0.2) is 34.0 Å². The summed E-state index contributed by atoms with van der Waals surface area (Å²) in [6.07, 6.45) is 6.00. The predicted molar refractivity (Wildman–Crippen MR) is 98.6 cm³/mol. The highest BCUT2D eigenvalue weighted by molar-refractivity contribution is 7.17. The smallest absolute Gasteiger partial charge is 0.234 e. The number of hydrogen-bond donors (Lipinski definition) is 0. The van der Waals surface area contributed by atoms with E-state index in [1.54, 1.807) is 25.0 Å². The third-order valence-corrected chi connectivity index (χ3v) is 4.68. The van der Waals surface area contributed by atoms with E-state index in [1.807, 2.05) is 42.5 Å². The van der Waals surface area contributed by atoms with Gasteiger partial charge in [0, 0.05) is 6.42 Å². The fourth-order valence-corrected chi connectivity index (χ4v) is 3.32. The molecule has 0 aliphatic carbocycles. The maximum Gasteiger partial charge on any atom is 0.234 e. The van der Waals surface area contributed by atoms with E-state index >= 15 is 0 Å². The van der Waals surface area contributed by atoms with Crippen molar-refractivity contribution >= 4 is 28.4 Å². The molecule has 0 saturated carbocycles. The second kappa shape index (κ2) is 7.01. The molecule has 0 unspecified atom stereocenters. The van der Waals surface area contributed by atoms with Crippen LogP contribution in [0.4, 0.5) is 0 Å². The summed E-state index contributed by atoms with van der Waals surface area (Å²) < 4.78 is 17.7. The zero-order valence-corrected chi connectivity index (χ0v) is 15.1. The maximum atomic E-state index is 5.36. The highest BCUT2D eigenvalue weighted by atomic mass is 32.1. The van der Waals surface area contributed by atoms with Gasteiger partial charge in [0.1, 0.15) is 10.8 Å². The van der Waals surface area contributed by atoms with Crippen molar-refractivity contribution in [2.24, 2.45) is 0 Å². The number of fused-ring (bicyclic) bond motifs is 1. The lowest BCUT2D eigenvalue weighted by Crippen LogP contribution is -1.99. The van der Waals surface area contributed by atoms with Gasteiger partial charge in [0.2, 0.25) is 4.96 Å². The van der Waals surface area contributed by atoms with Gasteiger partial charge in [-0.3, -0.25) is 0 Å². The van der Waals surface area contributed by atoms with Crippen LogP contribution in [0.3, 0.4) is 0 Å². The van der Waals surface area contributed by atoms with E-state index in [0.717, 1.165) is 27.1 Å². The largest absolute Gasteiger partial charge is 0.493 e. The number of aromatic nitrogens is 4. The number of benzene rings is 1. The van der Waals surface area contributed by atoms with Crippen LogP contribution >= 0.6 is 11.3 Å². The first-order valence-electron chi connectivity index (χ1n) is 7.90. The molecule has 3 aromatic heterocycles. The van der Waals surface area contributed by atoms with Crippen molar-refractivity contribution in [3.63, 3.8) is 0 Å². The summed E-state index contributed by atoms with van der Waals surface area (Å²) in [4.78, 5) is 0.750. The van der Waals surface area contributed by atoms with Crippen molar-refractivity contribution in [2.45, 2.75) is 6.42 Å². The predicted octanol–water partition coefficient (Wildman–Crippen LogP) is 3.56. The van der Waals surface area contributed by atoms with Crippen molar-refractivity contribution in [1.82, 2.24) is 19.8 Å². The van der Waals surface area contributed by atoms with Crippen molar-refractivity contribution < 1.29 is 13.9 Å². The summed E-state index contributed by atoms with van der Waals surface area (Å²) in [5, 5.41) is 13.9. The normalized spacial score (nSPS) is 11.5. The molecule has 0 saturated heterocycles. The fraction of sp³-hybridized carbons (Fsp3) is 0.167. The Kier molecular flexibility index (Phi) is 4.40. The molecule has 0 bridgehead atoms.